The molecule has 0 rings (SSSR count). The van der Waals surface area contributed by atoms with Gasteiger partial charge in [0.2, 0.25) is 0 Å². The smallest absolute Gasteiger partial charge is 0.462 e. The highest BCUT2D eigenvalue weighted by atomic mass is 31.2. The van der Waals surface area contributed by atoms with Gasteiger partial charge in [0.25, 0.3) is 0 Å². The van der Waals surface area contributed by atoms with Crippen molar-refractivity contribution in [2.45, 2.75) is 445 Å². The van der Waals surface area contributed by atoms with Gasteiger partial charge in [0, 0.05) is 25.7 Å². The lowest BCUT2D eigenvalue weighted by Gasteiger charge is -2.21. The van der Waals surface area contributed by atoms with E-state index in [1.807, 2.05) is 0 Å². The molecule has 588 valence electrons. The first-order valence-electron chi connectivity index (χ1n) is 41.6. The summed E-state index contributed by atoms with van der Waals surface area (Å²) in [5.41, 5.74) is 0. The number of carbonyl (C=O) groups excluding carboxylic acids is 4. The summed E-state index contributed by atoms with van der Waals surface area (Å²) < 4.78 is 68.6. The van der Waals surface area contributed by atoms with E-state index in [4.69, 9.17) is 37.0 Å². The number of phosphoric acid groups is 2. The molecule has 0 saturated heterocycles. The summed E-state index contributed by atoms with van der Waals surface area (Å²) in [6, 6.07) is 0. The van der Waals surface area contributed by atoms with Gasteiger partial charge in [-0.05, 0) is 31.6 Å². The molecule has 0 heterocycles. The van der Waals surface area contributed by atoms with Crippen LogP contribution in [0.1, 0.15) is 426 Å². The first-order valence-corrected chi connectivity index (χ1v) is 44.6. The Kier molecular flexibility index (Phi) is 71.6. The van der Waals surface area contributed by atoms with Crippen molar-refractivity contribution in [3.05, 3.63) is 0 Å². The SMILES string of the molecule is CCCCCCCCCCCCCCCCCCCCCCCCC(=O)O[C@H](COC(=O)CCCCCCCCCCCCCCC(C)C)COP(=O)(O)OC[C@@H](O)COP(=O)(O)OC[C@@H](COC(=O)CCCCCCCCCC)OC(=O)CCCCCCCCCCCCCCCC. The van der Waals surface area contributed by atoms with E-state index in [2.05, 4.69) is 34.6 Å². The van der Waals surface area contributed by atoms with Crippen LogP contribution in [0.2, 0.25) is 0 Å². The van der Waals surface area contributed by atoms with Crippen LogP contribution in [0.4, 0.5) is 0 Å². The van der Waals surface area contributed by atoms with Crippen molar-refractivity contribution in [3.8, 4) is 0 Å². The maximum Gasteiger partial charge on any atom is 0.472 e. The summed E-state index contributed by atoms with van der Waals surface area (Å²) in [6.45, 7) is 7.31. The lowest BCUT2D eigenvalue weighted by Crippen LogP contribution is -2.30. The van der Waals surface area contributed by atoms with Crippen LogP contribution in [0.15, 0.2) is 0 Å². The molecule has 3 N–H and O–H groups in total. The molecule has 0 aliphatic heterocycles. The van der Waals surface area contributed by atoms with Gasteiger partial charge in [-0.2, -0.15) is 0 Å². The lowest BCUT2D eigenvalue weighted by molar-refractivity contribution is -0.161. The quantitative estimate of drug-likeness (QED) is 0.0222. The average molecular weight is 1450 g/mol. The van der Waals surface area contributed by atoms with Crippen molar-refractivity contribution < 1.29 is 80.2 Å². The summed E-state index contributed by atoms with van der Waals surface area (Å²) >= 11 is 0. The Morgan fingerprint density at radius 3 is 0.687 bits per heavy atom. The van der Waals surface area contributed by atoms with Crippen LogP contribution < -0.4 is 0 Å². The minimum absolute atomic E-state index is 0.108. The second-order valence-corrected chi connectivity index (χ2v) is 32.2. The summed E-state index contributed by atoms with van der Waals surface area (Å²) in [5, 5.41) is 10.6. The highest BCUT2D eigenvalue weighted by Gasteiger charge is 2.30. The van der Waals surface area contributed by atoms with Crippen molar-refractivity contribution in [2.24, 2.45) is 5.92 Å². The number of ether oxygens (including phenoxy) is 4. The molecule has 0 saturated carbocycles. The number of unbranched alkanes of at least 4 members (excludes halogenated alkanes) is 52. The molecule has 0 fully saturated rings. The Morgan fingerprint density at radius 1 is 0.273 bits per heavy atom. The number of aliphatic hydroxyl groups excluding tert-OH is 1. The molecule has 0 aromatic rings. The Labute approximate surface area is 607 Å². The standard InChI is InChI=1S/C80H156O17P2/c1-6-9-12-15-18-21-23-25-27-28-29-30-31-32-33-34-36-42-46-51-56-61-66-80(85)97-76(70-91-78(83)64-59-54-49-44-40-38-37-39-43-47-52-57-62-73(4)5)72-95-99(88,89)93-68-74(81)67-92-98(86,87)94-71-75(69-90-77(82)63-58-53-48-20-17-14-11-8-3)96-79(84)65-60-55-50-45-41-35-26-24-22-19-16-13-10-7-2/h73-76,81H,6-72H2,1-5H3,(H,86,87)(H,88,89)/t74-,75+,76+/m0/s1. The first-order chi connectivity index (χ1) is 48.0. The van der Waals surface area contributed by atoms with E-state index in [1.165, 1.54) is 244 Å². The zero-order chi connectivity index (χ0) is 72.7. The fourth-order valence-electron chi connectivity index (χ4n) is 12.4. The van der Waals surface area contributed by atoms with Crippen LogP contribution in [0.3, 0.4) is 0 Å². The molecular weight excluding hydrogens is 1290 g/mol. The zero-order valence-electron chi connectivity index (χ0n) is 64.6. The Morgan fingerprint density at radius 2 is 0.465 bits per heavy atom. The zero-order valence-corrected chi connectivity index (χ0v) is 66.4. The average Bonchev–Trinajstić information content (AvgIpc) is 1.77. The van der Waals surface area contributed by atoms with E-state index in [0.29, 0.717) is 25.7 Å². The minimum Gasteiger partial charge on any atom is -0.462 e. The van der Waals surface area contributed by atoms with Crippen LogP contribution in [-0.2, 0) is 65.4 Å². The third-order valence-electron chi connectivity index (χ3n) is 18.8. The molecule has 0 radical (unpaired) electrons. The molecule has 0 aromatic carbocycles. The molecule has 0 bridgehead atoms. The number of hydrogen-bond acceptors (Lipinski definition) is 15. The molecular formula is C80H156O17P2. The Bertz CT molecular complexity index is 1890. The summed E-state index contributed by atoms with van der Waals surface area (Å²) in [4.78, 5) is 72.9. The number of rotatable bonds is 80. The molecule has 0 spiro atoms. The van der Waals surface area contributed by atoms with Crippen molar-refractivity contribution in [2.75, 3.05) is 39.6 Å². The van der Waals surface area contributed by atoms with Crippen LogP contribution >= 0.6 is 15.6 Å². The molecule has 0 amide bonds. The maximum absolute atomic E-state index is 13.1. The van der Waals surface area contributed by atoms with Gasteiger partial charge in [0.1, 0.15) is 19.3 Å². The largest absolute Gasteiger partial charge is 0.472 e. The second kappa shape index (κ2) is 73.0. The van der Waals surface area contributed by atoms with Crippen molar-refractivity contribution in [1.29, 1.82) is 0 Å². The normalized spacial score (nSPS) is 13.9. The monoisotopic (exact) mass is 1450 g/mol. The third kappa shape index (κ3) is 74.1. The number of esters is 4. The molecule has 0 aliphatic carbocycles. The van der Waals surface area contributed by atoms with Crippen molar-refractivity contribution in [1.82, 2.24) is 0 Å². The summed E-state index contributed by atoms with van der Waals surface area (Å²) in [5.74, 6) is -1.33. The number of phosphoric ester groups is 2. The highest BCUT2D eigenvalue weighted by molar-refractivity contribution is 7.47. The molecule has 99 heavy (non-hydrogen) atoms. The molecule has 19 heteroatoms. The predicted octanol–water partition coefficient (Wildman–Crippen LogP) is 24.0. The van der Waals surface area contributed by atoms with Gasteiger partial charge in [-0.3, -0.25) is 37.3 Å². The van der Waals surface area contributed by atoms with E-state index in [0.717, 1.165) is 102 Å². The van der Waals surface area contributed by atoms with Gasteiger partial charge < -0.3 is 33.8 Å². The van der Waals surface area contributed by atoms with E-state index in [-0.39, 0.29) is 25.7 Å². The molecule has 0 aromatic heterocycles. The predicted molar refractivity (Wildman–Crippen MR) is 405 cm³/mol. The third-order valence-corrected chi connectivity index (χ3v) is 20.7. The highest BCUT2D eigenvalue weighted by Crippen LogP contribution is 2.45. The lowest BCUT2D eigenvalue weighted by atomic mass is 10.0. The fraction of sp³-hybridized carbons (Fsp3) is 0.950. The van der Waals surface area contributed by atoms with Crippen LogP contribution in [0, 0.1) is 5.92 Å². The second-order valence-electron chi connectivity index (χ2n) is 29.3. The first kappa shape index (κ1) is 97.1. The van der Waals surface area contributed by atoms with E-state index >= 15 is 0 Å². The van der Waals surface area contributed by atoms with Gasteiger partial charge in [-0.25, -0.2) is 9.13 Å². The summed E-state index contributed by atoms with van der Waals surface area (Å²) in [6.07, 6.45) is 64.0. The van der Waals surface area contributed by atoms with E-state index in [1.54, 1.807) is 0 Å². The Balaban J connectivity index is 5.17. The van der Waals surface area contributed by atoms with Gasteiger partial charge in [-0.15, -0.1) is 0 Å². The Hall–Kier alpha value is -1.94. The van der Waals surface area contributed by atoms with Crippen molar-refractivity contribution >= 4 is 39.5 Å². The molecule has 2 unspecified atom stereocenters. The van der Waals surface area contributed by atoms with Gasteiger partial charge in [0.05, 0.1) is 26.4 Å². The number of carbonyl (C=O) groups is 4. The van der Waals surface area contributed by atoms with Crippen LogP contribution in [-0.4, -0.2) is 96.7 Å². The van der Waals surface area contributed by atoms with E-state index in [9.17, 15) is 43.2 Å². The van der Waals surface area contributed by atoms with Gasteiger partial charge in [-0.1, -0.05) is 375 Å². The van der Waals surface area contributed by atoms with Crippen LogP contribution in [0.5, 0.6) is 0 Å². The number of hydrogen-bond donors (Lipinski definition) is 3. The summed E-state index contributed by atoms with van der Waals surface area (Å²) in [7, 11) is -9.91. The number of aliphatic hydroxyl groups is 1. The molecule has 17 nitrogen and oxygen atoms in total. The topological polar surface area (TPSA) is 237 Å². The van der Waals surface area contributed by atoms with Crippen molar-refractivity contribution in [3.63, 3.8) is 0 Å². The van der Waals surface area contributed by atoms with E-state index < -0.39 is 97.5 Å². The van der Waals surface area contributed by atoms with Crippen LogP contribution in [0.25, 0.3) is 0 Å². The molecule has 0 aliphatic rings. The minimum atomic E-state index is -4.96. The molecule has 5 atom stereocenters. The maximum atomic E-state index is 13.1. The van der Waals surface area contributed by atoms with Gasteiger partial charge in [0.15, 0.2) is 12.2 Å². The van der Waals surface area contributed by atoms with Gasteiger partial charge >= 0.3 is 39.5 Å². The fourth-order valence-corrected chi connectivity index (χ4v) is 14.0.